The number of benzene rings is 1. The molecule has 1 amide bonds. The van der Waals surface area contributed by atoms with E-state index in [1.54, 1.807) is 7.11 Å². The van der Waals surface area contributed by atoms with Gasteiger partial charge >= 0.3 is 0 Å². The molecule has 0 bridgehead atoms. The summed E-state index contributed by atoms with van der Waals surface area (Å²) >= 11 is 6.70. The number of rotatable bonds is 4. The molecule has 0 aliphatic carbocycles. The molecule has 0 unspecified atom stereocenters. The molecule has 0 saturated heterocycles. The molecule has 0 saturated carbocycles. The summed E-state index contributed by atoms with van der Waals surface area (Å²) in [5.74, 6) is -0.0596. The van der Waals surface area contributed by atoms with Gasteiger partial charge in [-0.1, -0.05) is 15.9 Å². The smallest absolute Gasteiger partial charge is 0.226 e. The Morgan fingerprint density at radius 3 is 2.87 bits per heavy atom. The van der Waals surface area contributed by atoms with E-state index < -0.39 is 0 Å². The molecule has 0 aromatic heterocycles. The fraction of sp³-hybridized carbons (Fsp3) is 0.300. The van der Waals surface area contributed by atoms with E-state index in [2.05, 4.69) is 37.2 Å². The second-order valence-corrected chi connectivity index (χ2v) is 4.69. The van der Waals surface area contributed by atoms with Gasteiger partial charge in [0.2, 0.25) is 5.91 Å². The van der Waals surface area contributed by atoms with Crippen molar-refractivity contribution in [2.24, 2.45) is 0 Å². The summed E-state index contributed by atoms with van der Waals surface area (Å²) in [6.45, 7) is 0.428. The van der Waals surface area contributed by atoms with Crippen LogP contribution in [0.1, 0.15) is 6.42 Å². The van der Waals surface area contributed by atoms with Gasteiger partial charge in [0.15, 0.2) is 0 Å². The molecule has 3 nitrogen and oxygen atoms in total. The fourth-order valence-corrected chi connectivity index (χ4v) is 1.71. The molecule has 1 aromatic carbocycles. The molecule has 82 valence electrons. The Balaban J connectivity index is 2.63. The lowest BCUT2D eigenvalue weighted by Crippen LogP contribution is -2.13. The van der Waals surface area contributed by atoms with Crippen molar-refractivity contribution < 1.29 is 9.53 Å². The predicted octanol–water partition coefficient (Wildman–Crippen LogP) is 3.19. The molecule has 5 heteroatoms. The molecule has 0 atom stereocenters. The van der Waals surface area contributed by atoms with Crippen molar-refractivity contribution in [3.63, 3.8) is 0 Å². The number of nitrogens with one attached hydrogen (secondary N) is 1. The van der Waals surface area contributed by atoms with Gasteiger partial charge in [-0.2, -0.15) is 0 Å². The Labute approximate surface area is 105 Å². The van der Waals surface area contributed by atoms with Crippen LogP contribution in [0.2, 0.25) is 0 Å². The molecule has 0 aliphatic rings. The molecular weight excluding hydrogens is 326 g/mol. The number of hydrogen-bond acceptors (Lipinski definition) is 2. The van der Waals surface area contributed by atoms with E-state index in [0.717, 1.165) is 14.6 Å². The van der Waals surface area contributed by atoms with E-state index in [1.165, 1.54) is 0 Å². The average molecular weight is 337 g/mol. The standard InChI is InChI=1S/C10H11Br2NO2/c1-15-5-4-10(14)13-9-6-7(11)2-3-8(9)12/h2-3,6H,4-5H2,1H3,(H,13,14). The van der Waals surface area contributed by atoms with E-state index >= 15 is 0 Å². The number of ether oxygens (including phenoxy) is 1. The first kappa shape index (κ1) is 12.7. The Bertz CT molecular complexity index is 355. The van der Waals surface area contributed by atoms with Gasteiger partial charge in [0.1, 0.15) is 0 Å². The van der Waals surface area contributed by atoms with Crippen LogP contribution in [0.25, 0.3) is 0 Å². The Hall–Kier alpha value is -0.390. The quantitative estimate of drug-likeness (QED) is 0.917. The van der Waals surface area contributed by atoms with E-state index in [4.69, 9.17) is 4.74 Å². The van der Waals surface area contributed by atoms with E-state index in [9.17, 15) is 4.79 Å². The maximum Gasteiger partial charge on any atom is 0.226 e. The molecule has 0 fully saturated rings. The highest BCUT2D eigenvalue weighted by Gasteiger charge is 2.05. The first-order valence-corrected chi connectivity index (χ1v) is 5.96. The summed E-state index contributed by atoms with van der Waals surface area (Å²) in [5, 5.41) is 2.79. The summed E-state index contributed by atoms with van der Waals surface area (Å²) in [6, 6.07) is 5.61. The van der Waals surface area contributed by atoms with E-state index in [1.807, 2.05) is 18.2 Å². The van der Waals surface area contributed by atoms with Gasteiger partial charge < -0.3 is 10.1 Å². The third-order valence-electron chi connectivity index (χ3n) is 1.74. The van der Waals surface area contributed by atoms with Crippen LogP contribution >= 0.6 is 31.9 Å². The lowest BCUT2D eigenvalue weighted by atomic mass is 10.3. The zero-order valence-electron chi connectivity index (χ0n) is 8.22. The van der Waals surface area contributed by atoms with Crippen LogP contribution in [0.15, 0.2) is 27.1 Å². The van der Waals surface area contributed by atoms with Crippen molar-refractivity contribution in [2.45, 2.75) is 6.42 Å². The SMILES string of the molecule is COCCC(=O)Nc1cc(Br)ccc1Br. The van der Waals surface area contributed by atoms with Crippen molar-refractivity contribution in [3.05, 3.63) is 27.1 Å². The zero-order valence-corrected chi connectivity index (χ0v) is 11.4. The number of methoxy groups -OCH3 is 1. The fourth-order valence-electron chi connectivity index (χ4n) is 1.00. The van der Waals surface area contributed by atoms with Gasteiger partial charge in [0.05, 0.1) is 18.7 Å². The van der Waals surface area contributed by atoms with Gasteiger partial charge in [-0.25, -0.2) is 0 Å². The molecule has 1 N–H and O–H groups in total. The van der Waals surface area contributed by atoms with Gasteiger partial charge in [0, 0.05) is 16.1 Å². The Morgan fingerprint density at radius 2 is 2.20 bits per heavy atom. The van der Waals surface area contributed by atoms with Gasteiger partial charge in [-0.3, -0.25) is 4.79 Å². The average Bonchev–Trinajstić information content (AvgIpc) is 2.20. The number of carbonyl (C=O) groups excluding carboxylic acids is 1. The van der Waals surface area contributed by atoms with Crippen LogP contribution in [0.3, 0.4) is 0 Å². The van der Waals surface area contributed by atoms with E-state index in [-0.39, 0.29) is 5.91 Å². The summed E-state index contributed by atoms with van der Waals surface area (Å²) < 4.78 is 6.60. The number of halogens is 2. The zero-order chi connectivity index (χ0) is 11.3. The summed E-state index contributed by atoms with van der Waals surface area (Å²) in [4.78, 5) is 11.4. The van der Waals surface area contributed by atoms with E-state index in [0.29, 0.717) is 13.0 Å². The first-order chi connectivity index (χ1) is 7.13. The second-order valence-electron chi connectivity index (χ2n) is 2.92. The van der Waals surface area contributed by atoms with Gasteiger partial charge in [0.25, 0.3) is 0 Å². The Kier molecular flexibility index (Phi) is 5.28. The molecule has 1 rings (SSSR count). The highest BCUT2D eigenvalue weighted by Crippen LogP contribution is 2.26. The van der Waals surface area contributed by atoms with Crippen molar-refractivity contribution in [1.29, 1.82) is 0 Å². The van der Waals surface area contributed by atoms with Crippen LogP contribution in [0, 0.1) is 0 Å². The highest BCUT2D eigenvalue weighted by atomic mass is 79.9. The number of anilines is 1. The number of hydrogen-bond donors (Lipinski definition) is 1. The minimum atomic E-state index is -0.0596. The van der Waals surface area contributed by atoms with Crippen molar-refractivity contribution >= 4 is 43.5 Å². The molecular formula is C10H11Br2NO2. The topological polar surface area (TPSA) is 38.3 Å². The highest BCUT2D eigenvalue weighted by molar-refractivity contribution is 9.11. The molecule has 1 aromatic rings. The second kappa shape index (κ2) is 6.25. The minimum absolute atomic E-state index is 0.0596. The van der Waals surface area contributed by atoms with Gasteiger partial charge in [-0.05, 0) is 34.1 Å². The van der Waals surface area contributed by atoms with Crippen LogP contribution in [0.5, 0.6) is 0 Å². The van der Waals surface area contributed by atoms with Crippen LogP contribution in [-0.4, -0.2) is 19.6 Å². The summed E-state index contributed by atoms with van der Waals surface area (Å²) in [7, 11) is 1.57. The molecule has 0 spiro atoms. The largest absolute Gasteiger partial charge is 0.384 e. The van der Waals surface area contributed by atoms with Crippen LogP contribution in [-0.2, 0) is 9.53 Å². The third kappa shape index (κ3) is 4.32. The number of amides is 1. The van der Waals surface area contributed by atoms with Crippen LogP contribution in [0.4, 0.5) is 5.69 Å². The Morgan fingerprint density at radius 1 is 1.47 bits per heavy atom. The predicted molar refractivity (Wildman–Crippen MR) is 67.0 cm³/mol. The minimum Gasteiger partial charge on any atom is -0.384 e. The molecule has 0 aliphatic heterocycles. The maximum atomic E-state index is 11.4. The van der Waals surface area contributed by atoms with Gasteiger partial charge in [-0.15, -0.1) is 0 Å². The number of carbonyl (C=O) groups is 1. The lowest BCUT2D eigenvalue weighted by Gasteiger charge is -2.07. The van der Waals surface area contributed by atoms with Crippen molar-refractivity contribution in [1.82, 2.24) is 0 Å². The normalized spacial score (nSPS) is 10.1. The monoisotopic (exact) mass is 335 g/mol. The summed E-state index contributed by atoms with van der Waals surface area (Å²) in [6.07, 6.45) is 0.357. The molecule has 0 radical (unpaired) electrons. The molecule has 15 heavy (non-hydrogen) atoms. The van der Waals surface area contributed by atoms with Crippen LogP contribution < -0.4 is 5.32 Å². The molecule has 0 heterocycles. The maximum absolute atomic E-state index is 11.4. The lowest BCUT2D eigenvalue weighted by molar-refractivity contribution is -0.117. The summed E-state index contributed by atoms with van der Waals surface area (Å²) in [5.41, 5.74) is 0.755. The van der Waals surface area contributed by atoms with Crippen molar-refractivity contribution in [2.75, 3.05) is 19.0 Å². The first-order valence-electron chi connectivity index (χ1n) is 4.37. The van der Waals surface area contributed by atoms with Crippen molar-refractivity contribution in [3.8, 4) is 0 Å². The third-order valence-corrected chi connectivity index (χ3v) is 2.92.